The third-order valence-corrected chi connectivity index (χ3v) is 3.96. The molecule has 2 aromatic heterocycles. The van der Waals surface area contributed by atoms with Gasteiger partial charge in [0.2, 0.25) is 6.79 Å². The first-order chi connectivity index (χ1) is 11.1. The summed E-state index contributed by atoms with van der Waals surface area (Å²) in [6.45, 7) is 6.34. The monoisotopic (exact) mass is 311 g/mol. The summed E-state index contributed by atoms with van der Waals surface area (Å²) in [6.07, 6.45) is 1.56. The van der Waals surface area contributed by atoms with Crippen molar-refractivity contribution in [2.24, 2.45) is 0 Å². The first-order valence-corrected chi connectivity index (χ1v) is 7.46. The second-order valence-corrected chi connectivity index (χ2v) is 5.62. The standard InChI is InChI=1S/C16H17N5O2/c1-10-6-11(2)20(19-10)12(3)16-17-8-18-21(16)13-4-5-14-15(7-13)23-9-22-14/h4-8,12H,9H2,1-3H3/t12-/m0/s1. The quantitative estimate of drug-likeness (QED) is 0.743. The summed E-state index contributed by atoms with van der Waals surface area (Å²) in [4.78, 5) is 4.43. The highest BCUT2D eigenvalue weighted by molar-refractivity contribution is 5.50. The Labute approximate surface area is 133 Å². The summed E-state index contributed by atoms with van der Waals surface area (Å²) in [6, 6.07) is 7.76. The van der Waals surface area contributed by atoms with Crippen molar-refractivity contribution in [3.05, 3.63) is 47.8 Å². The van der Waals surface area contributed by atoms with Crippen molar-refractivity contribution in [3.8, 4) is 17.2 Å². The van der Waals surface area contributed by atoms with Gasteiger partial charge in [-0.3, -0.25) is 4.68 Å². The molecule has 0 saturated carbocycles. The molecule has 4 rings (SSSR count). The van der Waals surface area contributed by atoms with Gasteiger partial charge in [0, 0.05) is 11.8 Å². The van der Waals surface area contributed by atoms with Crippen LogP contribution >= 0.6 is 0 Å². The molecule has 0 aliphatic carbocycles. The first kappa shape index (κ1) is 13.8. The van der Waals surface area contributed by atoms with Crippen LogP contribution in [-0.4, -0.2) is 31.3 Å². The molecule has 0 amide bonds. The van der Waals surface area contributed by atoms with E-state index in [0.717, 1.165) is 34.4 Å². The maximum Gasteiger partial charge on any atom is 0.231 e. The van der Waals surface area contributed by atoms with Gasteiger partial charge >= 0.3 is 0 Å². The lowest BCUT2D eigenvalue weighted by Crippen LogP contribution is -2.16. The highest BCUT2D eigenvalue weighted by atomic mass is 16.7. The maximum atomic E-state index is 5.44. The number of aryl methyl sites for hydroxylation is 2. The molecule has 0 bridgehead atoms. The molecule has 0 spiro atoms. The Kier molecular flexibility index (Phi) is 3.07. The molecular formula is C16H17N5O2. The Morgan fingerprint density at radius 2 is 1.96 bits per heavy atom. The smallest absolute Gasteiger partial charge is 0.231 e. The van der Waals surface area contributed by atoms with Crippen LogP contribution in [0.2, 0.25) is 0 Å². The number of ether oxygens (including phenoxy) is 2. The lowest BCUT2D eigenvalue weighted by molar-refractivity contribution is 0.174. The molecule has 1 atom stereocenters. The lowest BCUT2D eigenvalue weighted by Gasteiger charge is -2.15. The van der Waals surface area contributed by atoms with Crippen LogP contribution in [0.1, 0.15) is 30.2 Å². The Morgan fingerprint density at radius 1 is 1.13 bits per heavy atom. The third kappa shape index (κ3) is 2.25. The highest BCUT2D eigenvalue weighted by Gasteiger charge is 2.20. The number of hydrogen-bond acceptors (Lipinski definition) is 5. The van der Waals surface area contributed by atoms with Gasteiger partial charge in [-0.25, -0.2) is 9.67 Å². The molecule has 0 N–H and O–H groups in total. The molecule has 1 aliphatic heterocycles. The molecule has 3 aromatic rings. The van der Waals surface area contributed by atoms with Crippen molar-refractivity contribution in [3.63, 3.8) is 0 Å². The number of hydrogen-bond donors (Lipinski definition) is 0. The minimum Gasteiger partial charge on any atom is -0.454 e. The Balaban J connectivity index is 1.75. The van der Waals surface area contributed by atoms with Crippen LogP contribution in [-0.2, 0) is 0 Å². The molecule has 7 heteroatoms. The van der Waals surface area contributed by atoms with Gasteiger partial charge in [0.15, 0.2) is 17.3 Å². The van der Waals surface area contributed by atoms with E-state index in [1.807, 2.05) is 41.4 Å². The molecule has 0 radical (unpaired) electrons. The van der Waals surface area contributed by atoms with Crippen LogP contribution in [0.4, 0.5) is 0 Å². The molecule has 0 unspecified atom stereocenters. The van der Waals surface area contributed by atoms with Gasteiger partial charge in [-0.2, -0.15) is 10.2 Å². The van der Waals surface area contributed by atoms with E-state index >= 15 is 0 Å². The SMILES string of the molecule is Cc1cc(C)n([C@@H](C)c2ncnn2-c2ccc3c(c2)OCO3)n1. The summed E-state index contributed by atoms with van der Waals surface area (Å²) in [5.74, 6) is 2.29. The van der Waals surface area contributed by atoms with Crippen LogP contribution in [0.25, 0.3) is 5.69 Å². The molecule has 1 aliphatic rings. The van der Waals surface area contributed by atoms with Gasteiger partial charge in [0.05, 0.1) is 11.4 Å². The summed E-state index contributed by atoms with van der Waals surface area (Å²) >= 11 is 0. The van der Waals surface area contributed by atoms with Crippen molar-refractivity contribution in [2.45, 2.75) is 26.8 Å². The maximum absolute atomic E-state index is 5.44. The van der Waals surface area contributed by atoms with Crippen molar-refractivity contribution < 1.29 is 9.47 Å². The summed E-state index contributed by atoms with van der Waals surface area (Å²) < 4.78 is 14.6. The fraction of sp³-hybridized carbons (Fsp3) is 0.312. The number of fused-ring (bicyclic) bond motifs is 1. The molecule has 118 valence electrons. The highest BCUT2D eigenvalue weighted by Crippen LogP contribution is 2.34. The zero-order valence-corrected chi connectivity index (χ0v) is 13.2. The zero-order valence-electron chi connectivity index (χ0n) is 13.2. The normalized spacial score (nSPS) is 14.2. The predicted octanol–water partition coefficient (Wildman–Crippen LogP) is 2.42. The van der Waals surface area contributed by atoms with Crippen molar-refractivity contribution in [1.29, 1.82) is 0 Å². The number of nitrogens with zero attached hydrogens (tertiary/aromatic N) is 5. The number of benzene rings is 1. The van der Waals surface area contributed by atoms with Crippen LogP contribution in [0.15, 0.2) is 30.6 Å². The Hall–Kier alpha value is -2.83. The van der Waals surface area contributed by atoms with Crippen LogP contribution in [0.3, 0.4) is 0 Å². The lowest BCUT2D eigenvalue weighted by atomic mass is 10.2. The minimum absolute atomic E-state index is 0.0309. The predicted molar refractivity (Wildman–Crippen MR) is 83.0 cm³/mol. The average Bonchev–Trinajstić information content (AvgIpc) is 3.24. The van der Waals surface area contributed by atoms with Crippen LogP contribution < -0.4 is 9.47 Å². The van der Waals surface area contributed by atoms with Crippen molar-refractivity contribution in [2.75, 3.05) is 6.79 Å². The van der Waals surface area contributed by atoms with E-state index in [0.29, 0.717) is 0 Å². The summed E-state index contributed by atoms with van der Waals surface area (Å²) in [5.41, 5.74) is 2.97. The number of aromatic nitrogens is 5. The molecule has 23 heavy (non-hydrogen) atoms. The first-order valence-electron chi connectivity index (χ1n) is 7.46. The van der Waals surface area contributed by atoms with Gasteiger partial charge in [0.1, 0.15) is 12.4 Å². The average molecular weight is 311 g/mol. The summed E-state index contributed by atoms with van der Waals surface area (Å²) in [7, 11) is 0. The van der Waals surface area contributed by atoms with Gasteiger partial charge < -0.3 is 9.47 Å². The van der Waals surface area contributed by atoms with Crippen molar-refractivity contribution in [1.82, 2.24) is 24.5 Å². The van der Waals surface area contributed by atoms with E-state index in [4.69, 9.17) is 9.47 Å². The second kappa shape index (κ2) is 5.12. The molecule has 0 fully saturated rings. The zero-order chi connectivity index (χ0) is 16.0. The molecular weight excluding hydrogens is 294 g/mol. The topological polar surface area (TPSA) is 67.0 Å². The van der Waals surface area contributed by atoms with E-state index < -0.39 is 0 Å². The van der Waals surface area contributed by atoms with E-state index in [-0.39, 0.29) is 12.8 Å². The minimum atomic E-state index is -0.0309. The van der Waals surface area contributed by atoms with Gasteiger partial charge in [-0.1, -0.05) is 0 Å². The fourth-order valence-electron chi connectivity index (χ4n) is 2.90. The Morgan fingerprint density at radius 3 is 2.74 bits per heavy atom. The molecule has 3 heterocycles. The van der Waals surface area contributed by atoms with Gasteiger partial charge in [-0.05, 0) is 39.0 Å². The van der Waals surface area contributed by atoms with E-state index in [9.17, 15) is 0 Å². The number of rotatable bonds is 3. The second-order valence-electron chi connectivity index (χ2n) is 5.62. The fourth-order valence-corrected chi connectivity index (χ4v) is 2.90. The van der Waals surface area contributed by atoms with Gasteiger partial charge in [-0.15, -0.1) is 0 Å². The van der Waals surface area contributed by atoms with E-state index in [1.54, 1.807) is 6.33 Å². The Bertz CT molecular complexity index is 867. The van der Waals surface area contributed by atoms with Crippen LogP contribution in [0, 0.1) is 13.8 Å². The third-order valence-electron chi connectivity index (χ3n) is 3.96. The van der Waals surface area contributed by atoms with Crippen LogP contribution in [0.5, 0.6) is 11.5 Å². The van der Waals surface area contributed by atoms with E-state index in [1.165, 1.54) is 0 Å². The van der Waals surface area contributed by atoms with Crippen molar-refractivity contribution >= 4 is 0 Å². The van der Waals surface area contributed by atoms with E-state index in [2.05, 4.69) is 28.2 Å². The molecule has 1 aromatic carbocycles. The molecule has 0 saturated heterocycles. The summed E-state index contributed by atoms with van der Waals surface area (Å²) in [5, 5.41) is 8.91. The van der Waals surface area contributed by atoms with Gasteiger partial charge in [0.25, 0.3) is 0 Å². The largest absolute Gasteiger partial charge is 0.454 e. The molecule has 7 nitrogen and oxygen atoms in total.